The van der Waals surface area contributed by atoms with Gasteiger partial charge >= 0.3 is 0 Å². The summed E-state index contributed by atoms with van der Waals surface area (Å²) in [5.41, 5.74) is 3.36. The molecule has 0 aliphatic rings. The van der Waals surface area contributed by atoms with Gasteiger partial charge in [0.15, 0.2) is 0 Å². The summed E-state index contributed by atoms with van der Waals surface area (Å²) in [6, 6.07) is 5.81. The Balaban J connectivity index is 3.19. The lowest BCUT2D eigenvalue weighted by Gasteiger charge is -2.22. The first kappa shape index (κ1) is 10.2. The molecule has 0 atom stereocenters. The van der Waals surface area contributed by atoms with E-state index in [1.165, 1.54) is 11.1 Å². The van der Waals surface area contributed by atoms with Crippen LogP contribution < -0.4 is 0 Å². The Morgan fingerprint density at radius 1 is 1.23 bits per heavy atom. The van der Waals surface area contributed by atoms with Gasteiger partial charge in [-0.05, 0) is 29.0 Å². The number of rotatable bonds is 1. The zero-order valence-electron chi connectivity index (χ0n) is 8.82. The Morgan fingerprint density at radius 3 is 2.31 bits per heavy atom. The van der Waals surface area contributed by atoms with Crippen LogP contribution in [0.25, 0.3) is 0 Å². The minimum atomic E-state index is -0.372. The van der Waals surface area contributed by atoms with Gasteiger partial charge in [-0.1, -0.05) is 39.0 Å². The first-order valence-electron chi connectivity index (χ1n) is 4.61. The third-order valence-corrected chi connectivity index (χ3v) is 2.26. The second kappa shape index (κ2) is 3.49. The first-order valence-corrected chi connectivity index (χ1v) is 4.61. The molecule has 1 aromatic rings. The van der Waals surface area contributed by atoms with Crippen LogP contribution in [-0.4, -0.2) is 0 Å². The molecule has 0 nitrogen and oxygen atoms in total. The van der Waals surface area contributed by atoms with Gasteiger partial charge in [-0.2, -0.15) is 0 Å². The van der Waals surface area contributed by atoms with Gasteiger partial charge in [-0.15, -0.1) is 0 Å². The lowest BCUT2D eigenvalue weighted by Crippen LogP contribution is -2.13. The predicted molar refractivity (Wildman–Crippen MR) is 54.7 cm³/mol. The standard InChI is InChI=1S/C12H17F/c1-9-5-6-10(8-13)7-11(9)12(2,3)4/h5-7H,8H2,1-4H3. The molecule has 0 spiro atoms. The average molecular weight is 180 g/mol. The summed E-state index contributed by atoms with van der Waals surface area (Å²) in [6.07, 6.45) is 0. The zero-order valence-corrected chi connectivity index (χ0v) is 8.82. The second-order valence-electron chi connectivity index (χ2n) is 4.53. The van der Waals surface area contributed by atoms with Crippen molar-refractivity contribution >= 4 is 0 Å². The summed E-state index contributed by atoms with van der Waals surface area (Å²) in [4.78, 5) is 0. The lowest BCUT2D eigenvalue weighted by atomic mass is 9.83. The van der Waals surface area contributed by atoms with Gasteiger partial charge in [0.05, 0.1) is 0 Å². The van der Waals surface area contributed by atoms with Crippen LogP contribution in [0.15, 0.2) is 18.2 Å². The first-order chi connectivity index (χ1) is 5.95. The maximum Gasteiger partial charge on any atom is 0.115 e. The van der Waals surface area contributed by atoms with Crippen LogP contribution in [0.2, 0.25) is 0 Å². The molecule has 0 aliphatic heterocycles. The van der Waals surface area contributed by atoms with Crippen molar-refractivity contribution in [3.05, 3.63) is 34.9 Å². The largest absolute Gasteiger partial charge is 0.246 e. The summed E-state index contributed by atoms with van der Waals surface area (Å²) >= 11 is 0. The summed E-state index contributed by atoms with van der Waals surface area (Å²) in [5, 5.41) is 0. The minimum Gasteiger partial charge on any atom is -0.246 e. The third kappa shape index (κ3) is 2.30. The summed E-state index contributed by atoms with van der Waals surface area (Å²) in [5.74, 6) is 0. The van der Waals surface area contributed by atoms with Crippen molar-refractivity contribution in [1.29, 1.82) is 0 Å². The number of halogens is 1. The molecule has 0 N–H and O–H groups in total. The van der Waals surface area contributed by atoms with Gasteiger partial charge in [-0.25, -0.2) is 4.39 Å². The molecule has 72 valence electrons. The average Bonchev–Trinajstić information content (AvgIpc) is 2.03. The van der Waals surface area contributed by atoms with E-state index in [1.54, 1.807) is 0 Å². The van der Waals surface area contributed by atoms with E-state index in [1.807, 2.05) is 18.2 Å². The quantitative estimate of drug-likeness (QED) is 0.617. The topological polar surface area (TPSA) is 0 Å². The lowest BCUT2D eigenvalue weighted by molar-refractivity contribution is 0.483. The van der Waals surface area contributed by atoms with Crippen molar-refractivity contribution < 1.29 is 4.39 Å². The molecule has 0 heterocycles. The van der Waals surface area contributed by atoms with Crippen molar-refractivity contribution in [2.45, 2.75) is 39.8 Å². The molecule has 1 rings (SSSR count). The van der Waals surface area contributed by atoms with Crippen molar-refractivity contribution in [2.75, 3.05) is 0 Å². The molecule has 0 aliphatic carbocycles. The molecule has 0 aromatic heterocycles. The van der Waals surface area contributed by atoms with E-state index in [0.717, 1.165) is 5.56 Å². The highest BCUT2D eigenvalue weighted by Crippen LogP contribution is 2.26. The number of benzene rings is 1. The van der Waals surface area contributed by atoms with Gasteiger partial charge in [-0.3, -0.25) is 0 Å². The molecule has 0 saturated carbocycles. The Kier molecular flexibility index (Phi) is 2.74. The molecule has 0 unspecified atom stereocenters. The number of hydrogen-bond acceptors (Lipinski definition) is 0. The van der Waals surface area contributed by atoms with Crippen LogP contribution >= 0.6 is 0 Å². The molecule has 1 aromatic carbocycles. The van der Waals surface area contributed by atoms with Crippen LogP contribution in [0, 0.1) is 6.92 Å². The molecule has 0 saturated heterocycles. The van der Waals surface area contributed by atoms with E-state index in [0.29, 0.717) is 0 Å². The fourth-order valence-electron chi connectivity index (χ4n) is 1.56. The molecular formula is C12H17F. The number of aryl methyl sites for hydroxylation is 1. The number of hydrogen-bond donors (Lipinski definition) is 0. The van der Waals surface area contributed by atoms with Gasteiger partial charge in [0.1, 0.15) is 6.67 Å². The predicted octanol–water partition coefficient (Wildman–Crippen LogP) is 3.76. The van der Waals surface area contributed by atoms with Crippen LogP contribution in [0.1, 0.15) is 37.5 Å². The molecule has 0 fully saturated rings. The Hall–Kier alpha value is -0.850. The molecule has 13 heavy (non-hydrogen) atoms. The highest BCUT2D eigenvalue weighted by Gasteiger charge is 2.16. The molecule has 0 radical (unpaired) electrons. The summed E-state index contributed by atoms with van der Waals surface area (Å²) in [6.45, 7) is 8.15. The maximum absolute atomic E-state index is 12.4. The van der Waals surface area contributed by atoms with E-state index in [-0.39, 0.29) is 12.1 Å². The van der Waals surface area contributed by atoms with Crippen molar-refractivity contribution in [3.8, 4) is 0 Å². The minimum absolute atomic E-state index is 0.106. The Morgan fingerprint density at radius 2 is 1.85 bits per heavy atom. The molecule has 0 bridgehead atoms. The Bertz CT molecular complexity index is 294. The van der Waals surface area contributed by atoms with Crippen molar-refractivity contribution in [3.63, 3.8) is 0 Å². The SMILES string of the molecule is Cc1ccc(CF)cc1C(C)(C)C. The smallest absolute Gasteiger partial charge is 0.115 e. The highest BCUT2D eigenvalue weighted by atomic mass is 19.1. The normalized spacial score (nSPS) is 11.8. The van der Waals surface area contributed by atoms with Crippen LogP contribution in [-0.2, 0) is 12.1 Å². The van der Waals surface area contributed by atoms with E-state index >= 15 is 0 Å². The van der Waals surface area contributed by atoms with Crippen LogP contribution in [0.3, 0.4) is 0 Å². The van der Waals surface area contributed by atoms with E-state index in [2.05, 4.69) is 27.7 Å². The zero-order chi connectivity index (χ0) is 10.1. The van der Waals surface area contributed by atoms with E-state index in [4.69, 9.17) is 0 Å². The van der Waals surface area contributed by atoms with Crippen molar-refractivity contribution in [1.82, 2.24) is 0 Å². The van der Waals surface area contributed by atoms with Gasteiger partial charge in [0.25, 0.3) is 0 Å². The highest BCUT2D eigenvalue weighted by molar-refractivity contribution is 5.35. The summed E-state index contributed by atoms with van der Waals surface area (Å²) < 4.78 is 12.4. The molecule has 0 amide bonds. The molecular weight excluding hydrogens is 163 g/mol. The van der Waals surface area contributed by atoms with E-state index < -0.39 is 0 Å². The fraction of sp³-hybridized carbons (Fsp3) is 0.500. The second-order valence-corrected chi connectivity index (χ2v) is 4.53. The summed E-state index contributed by atoms with van der Waals surface area (Å²) in [7, 11) is 0. The third-order valence-electron chi connectivity index (χ3n) is 2.26. The van der Waals surface area contributed by atoms with Gasteiger partial charge < -0.3 is 0 Å². The van der Waals surface area contributed by atoms with Gasteiger partial charge in [0, 0.05) is 0 Å². The van der Waals surface area contributed by atoms with Gasteiger partial charge in [0.2, 0.25) is 0 Å². The van der Waals surface area contributed by atoms with Crippen LogP contribution in [0.5, 0.6) is 0 Å². The van der Waals surface area contributed by atoms with Crippen LogP contribution in [0.4, 0.5) is 4.39 Å². The van der Waals surface area contributed by atoms with Crippen molar-refractivity contribution in [2.24, 2.45) is 0 Å². The fourth-order valence-corrected chi connectivity index (χ4v) is 1.56. The number of alkyl halides is 1. The van der Waals surface area contributed by atoms with E-state index in [9.17, 15) is 4.39 Å². The Labute approximate surface area is 79.8 Å². The maximum atomic E-state index is 12.4. The monoisotopic (exact) mass is 180 g/mol. The molecule has 1 heteroatoms.